The van der Waals surface area contributed by atoms with Crippen LogP contribution in [0.3, 0.4) is 0 Å². The summed E-state index contributed by atoms with van der Waals surface area (Å²) in [6, 6.07) is 15.5. The number of carbonyl (C=O) groups is 2. The van der Waals surface area contributed by atoms with Crippen LogP contribution in [0.25, 0.3) is 0 Å². The maximum atomic E-state index is 12.5. The molecular formula is C21H18ClN3O3. The molecule has 7 heteroatoms. The Bertz CT molecular complexity index is 1020. The number of rotatable bonds is 6. The van der Waals surface area contributed by atoms with E-state index in [4.69, 9.17) is 16.3 Å². The topological polar surface area (TPSA) is 80.3 Å². The predicted octanol–water partition coefficient (Wildman–Crippen LogP) is 4.94. The lowest BCUT2D eigenvalue weighted by molar-refractivity contribution is 0.101. The Hall–Kier alpha value is -3.38. The average Bonchev–Trinajstić information content (AvgIpc) is 2.69. The van der Waals surface area contributed by atoms with Crippen LogP contribution in [-0.2, 0) is 0 Å². The molecule has 0 radical (unpaired) electrons. The highest BCUT2D eigenvalue weighted by Gasteiger charge is 2.10. The number of ketones is 1. The van der Waals surface area contributed by atoms with Gasteiger partial charge in [0.1, 0.15) is 11.4 Å². The van der Waals surface area contributed by atoms with Crippen molar-refractivity contribution in [1.82, 2.24) is 4.98 Å². The van der Waals surface area contributed by atoms with E-state index in [1.807, 2.05) is 0 Å². The first-order chi connectivity index (χ1) is 13.5. The van der Waals surface area contributed by atoms with Crippen LogP contribution in [0.15, 0.2) is 60.8 Å². The molecule has 0 fully saturated rings. The minimum Gasteiger partial charge on any atom is -0.495 e. The lowest BCUT2D eigenvalue weighted by atomic mass is 10.1. The zero-order valence-electron chi connectivity index (χ0n) is 15.3. The van der Waals surface area contributed by atoms with Gasteiger partial charge >= 0.3 is 0 Å². The molecule has 28 heavy (non-hydrogen) atoms. The van der Waals surface area contributed by atoms with Crippen molar-refractivity contribution in [3.8, 4) is 5.75 Å². The molecule has 1 aromatic heterocycles. The number of methoxy groups -OCH3 is 1. The van der Waals surface area contributed by atoms with Gasteiger partial charge in [0.15, 0.2) is 5.78 Å². The van der Waals surface area contributed by atoms with Gasteiger partial charge in [-0.25, -0.2) is 0 Å². The molecule has 3 rings (SSSR count). The van der Waals surface area contributed by atoms with Gasteiger partial charge in [0, 0.05) is 28.8 Å². The van der Waals surface area contributed by atoms with Crippen molar-refractivity contribution in [3.63, 3.8) is 0 Å². The molecular weight excluding hydrogens is 378 g/mol. The number of hydrogen-bond donors (Lipinski definition) is 2. The number of carbonyl (C=O) groups excluding carboxylic acids is 2. The highest BCUT2D eigenvalue weighted by Crippen LogP contribution is 2.27. The molecule has 0 aliphatic rings. The molecule has 0 atom stereocenters. The number of nitrogens with zero attached hydrogens (tertiary/aromatic N) is 1. The second-order valence-electron chi connectivity index (χ2n) is 5.99. The lowest BCUT2D eigenvalue weighted by Crippen LogP contribution is -2.13. The second-order valence-corrected chi connectivity index (χ2v) is 6.40. The standard InChI is InChI=1S/C21H18ClN3O3/c1-13(26)14-3-5-15(6-4-14)24-17-9-10-23-19(12-17)21(27)25-16-7-8-20(28-2)18(22)11-16/h3-12H,1-2H3,(H,23,24)(H,25,27). The summed E-state index contributed by atoms with van der Waals surface area (Å²) < 4.78 is 5.10. The summed E-state index contributed by atoms with van der Waals surface area (Å²) in [5.41, 5.74) is 2.92. The largest absolute Gasteiger partial charge is 0.495 e. The van der Waals surface area contributed by atoms with E-state index in [1.165, 1.54) is 14.0 Å². The third kappa shape index (κ3) is 4.66. The first-order valence-electron chi connectivity index (χ1n) is 8.45. The maximum Gasteiger partial charge on any atom is 0.274 e. The lowest BCUT2D eigenvalue weighted by Gasteiger charge is -2.10. The minimum atomic E-state index is -0.364. The molecule has 2 aromatic carbocycles. The van der Waals surface area contributed by atoms with Crippen LogP contribution in [0.1, 0.15) is 27.8 Å². The average molecular weight is 396 g/mol. The molecule has 0 bridgehead atoms. The van der Waals surface area contributed by atoms with Gasteiger partial charge in [-0.1, -0.05) is 11.6 Å². The van der Waals surface area contributed by atoms with Crippen molar-refractivity contribution in [2.24, 2.45) is 0 Å². The fourth-order valence-corrected chi connectivity index (χ4v) is 2.78. The molecule has 2 N–H and O–H groups in total. The number of benzene rings is 2. The molecule has 0 spiro atoms. The first kappa shape index (κ1) is 19.4. The number of pyridine rings is 1. The summed E-state index contributed by atoms with van der Waals surface area (Å²) in [6.45, 7) is 1.52. The predicted molar refractivity (Wildman–Crippen MR) is 110 cm³/mol. The van der Waals surface area contributed by atoms with Gasteiger partial charge in [-0.2, -0.15) is 0 Å². The molecule has 142 valence electrons. The van der Waals surface area contributed by atoms with E-state index < -0.39 is 0 Å². The summed E-state index contributed by atoms with van der Waals surface area (Å²) in [5.74, 6) is 0.171. The summed E-state index contributed by atoms with van der Waals surface area (Å²) in [7, 11) is 1.52. The molecule has 0 aliphatic carbocycles. The van der Waals surface area contributed by atoms with Crippen LogP contribution in [0.5, 0.6) is 5.75 Å². The third-order valence-electron chi connectivity index (χ3n) is 3.98. The molecule has 1 heterocycles. The van der Waals surface area contributed by atoms with Gasteiger partial charge in [-0.3, -0.25) is 14.6 Å². The summed E-state index contributed by atoms with van der Waals surface area (Å²) in [6.07, 6.45) is 1.54. The van der Waals surface area contributed by atoms with Crippen LogP contribution < -0.4 is 15.4 Å². The van der Waals surface area contributed by atoms with E-state index in [0.717, 1.165) is 5.69 Å². The number of hydrogen-bond acceptors (Lipinski definition) is 5. The highest BCUT2D eigenvalue weighted by atomic mass is 35.5. The van der Waals surface area contributed by atoms with Crippen molar-refractivity contribution < 1.29 is 14.3 Å². The van der Waals surface area contributed by atoms with Gasteiger partial charge in [0.05, 0.1) is 12.1 Å². The number of amides is 1. The number of aromatic nitrogens is 1. The Labute approximate surface area is 167 Å². The van der Waals surface area contributed by atoms with E-state index in [2.05, 4.69) is 15.6 Å². The molecule has 0 aliphatic heterocycles. The smallest absolute Gasteiger partial charge is 0.274 e. The van der Waals surface area contributed by atoms with Crippen molar-refractivity contribution in [3.05, 3.63) is 77.1 Å². The number of Topliss-reactive ketones (excluding diaryl/α,β-unsaturated/α-hetero) is 1. The Morgan fingerprint density at radius 1 is 0.964 bits per heavy atom. The monoisotopic (exact) mass is 395 g/mol. The number of nitrogens with one attached hydrogen (secondary N) is 2. The zero-order valence-corrected chi connectivity index (χ0v) is 16.1. The summed E-state index contributed by atoms with van der Waals surface area (Å²) in [5, 5.41) is 6.34. The number of halogens is 1. The van der Waals surface area contributed by atoms with Gasteiger partial charge in [0.25, 0.3) is 5.91 Å². The van der Waals surface area contributed by atoms with Crippen LogP contribution in [0.2, 0.25) is 5.02 Å². The van der Waals surface area contributed by atoms with E-state index in [-0.39, 0.29) is 17.4 Å². The molecule has 3 aromatic rings. The molecule has 0 saturated heterocycles. The Kier molecular flexibility index (Phi) is 5.91. The summed E-state index contributed by atoms with van der Waals surface area (Å²) in [4.78, 5) is 28.0. The van der Waals surface area contributed by atoms with Gasteiger partial charge in [-0.15, -0.1) is 0 Å². The number of anilines is 3. The van der Waals surface area contributed by atoms with Crippen molar-refractivity contribution >= 4 is 40.4 Å². The van der Waals surface area contributed by atoms with Gasteiger partial charge < -0.3 is 15.4 Å². The van der Waals surface area contributed by atoms with E-state index in [0.29, 0.717) is 27.7 Å². The zero-order chi connectivity index (χ0) is 20.1. The van der Waals surface area contributed by atoms with Crippen molar-refractivity contribution in [1.29, 1.82) is 0 Å². The fraction of sp³-hybridized carbons (Fsp3) is 0.0952. The van der Waals surface area contributed by atoms with Crippen LogP contribution >= 0.6 is 11.6 Å². The first-order valence-corrected chi connectivity index (χ1v) is 8.83. The Morgan fingerprint density at radius 3 is 2.32 bits per heavy atom. The maximum absolute atomic E-state index is 12.5. The molecule has 0 saturated carbocycles. The van der Waals surface area contributed by atoms with E-state index in [1.54, 1.807) is 60.8 Å². The van der Waals surface area contributed by atoms with Gasteiger partial charge in [-0.05, 0) is 61.5 Å². The van der Waals surface area contributed by atoms with E-state index >= 15 is 0 Å². The van der Waals surface area contributed by atoms with Crippen molar-refractivity contribution in [2.75, 3.05) is 17.7 Å². The number of ether oxygens (including phenoxy) is 1. The highest BCUT2D eigenvalue weighted by molar-refractivity contribution is 6.32. The normalized spacial score (nSPS) is 10.2. The minimum absolute atomic E-state index is 0.00746. The molecule has 6 nitrogen and oxygen atoms in total. The van der Waals surface area contributed by atoms with Gasteiger partial charge in [0.2, 0.25) is 0 Å². The van der Waals surface area contributed by atoms with E-state index in [9.17, 15) is 9.59 Å². The fourth-order valence-electron chi connectivity index (χ4n) is 2.53. The quantitative estimate of drug-likeness (QED) is 0.577. The Morgan fingerprint density at radius 2 is 1.68 bits per heavy atom. The second kappa shape index (κ2) is 8.54. The summed E-state index contributed by atoms with van der Waals surface area (Å²) >= 11 is 6.08. The molecule has 0 unspecified atom stereocenters. The van der Waals surface area contributed by atoms with Crippen LogP contribution in [-0.4, -0.2) is 23.8 Å². The van der Waals surface area contributed by atoms with Crippen molar-refractivity contribution in [2.45, 2.75) is 6.92 Å². The Balaban J connectivity index is 1.72. The third-order valence-corrected chi connectivity index (χ3v) is 4.28. The SMILES string of the molecule is COc1ccc(NC(=O)c2cc(Nc3ccc(C(C)=O)cc3)ccn2)cc1Cl. The van der Waals surface area contributed by atoms with Crippen LogP contribution in [0, 0.1) is 0 Å². The van der Waals surface area contributed by atoms with Crippen LogP contribution in [0.4, 0.5) is 17.1 Å². The molecule has 1 amide bonds.